The summed E-state index contributed by atoms with van der Waals surface area (Å²) in [6, 6.07) is 7.15. The minimum absolute atomic E-state index is 0.270. The maximum Gasteiger partial charge on any atom is 0.275 e. The van der Waals surface area contributed by atoms with Crippen LogP contribution in [0.5, 0.6) is 5.75 Å². The normalized spacial score (nSPS) is 14.4. The predicted molar refractivity (Wildman–Crippen MR) is 89.0 cm³/mol. The molecular weight excluding hydrogens is 292 g/mol. The Balaban J connectivity index is 1.64. The SMILES string of the molecule is COc1ccc(NC(=O)c2cnc(N3CCCCC3)cn2)cc1. The molecule has 1 amide bonds. The molecule has 0 saturated carbocycles. The van der Waals surface area contributed by atoms with E-state index in [9.17, 15) is 4.79 Å². The maximum absolute atomic E-state index is 12.2. The van der Waals surface area contributed by atoms with Crippen LogP contribution >= 0.6 is 0 Å². The zero-order valence-electron chi connectivity index (χ0n) is 13.2. The molecule has 23 heavy (non-hydrogen) atoms. The minimum atomic E-state index is -0.270. The van der Waals surface area contributed by atoms with Gasteiger partial charge in [0.05, 0.1) is 19.5 Å². The molecule has 0 radical (unpaired) electrons. The summed E-state index contributed by atoms with van der Waals surface area (Å²) >= 11 is 0. The van der Waals surface area contributed by atoms with E-state index < -0.39 is 0 Å². The molecule has 1 N–H and O–H groups in total. The first-order valence-corrected chi connectivity index (χ1v) is 7.78. The van der Waals surface area contributed by atoms with Crippen molar-refractivity contribution in [3.8, 4) is 5.75 Å². The van der Waals surface area contributed by atoms with Crippen LogP contribution in [0, 0.1) is 0 Å². The van der Waals surface area contributed by atoms with Gasteiger partial charge in [-0.05, 0) is 43.5 Å². The van der Waals surface area contributed by atoms with Gasteiger partial charge in [-0.1, -0.05) is 0 Å². The van der Waals surface area contributed by atoms with Crippen LogP contribution in [0.25, 0.3) is 0 Å². The molecular formula is C17H20N4O2. The standard InChI is InChI=1S/C17H20N4O2/c1-23-14-7-5-13(6-8-14)20-17(22)15-11-19-16(12-18-15)21-9-3-2-4-10-21/h5-8,11-12H,2-4,9-10H2,1H3,(H,20,22). The van der Waals surface area contributed by atoms with Crippen molar-refractivity contribution in [1.29, 1.82) is 0 Å². The molecule has 120 valence electrons. The second-order valence-electron chi connectivity index (χ2n) is 5.49. The number of amides is 1. The van der Waals surface area contributed by atoms with Gasteiger partial charge in [0, 0.05) is 18.8 Å². The molecule has 1 saturated heterocycles. The van der Waals surface area contributed by atoms with Gasteiger partial charge in [-0.25, -0.2) is 9.97 Å². The molecule has 1 aliphatic rings. The van der Waals surface area contributed by atoms with E-state index in [0.29, 0.717) is 11.4 Å². The van der Waals surface area contributed by atoms with E-state index in [1.807, 2.05) is 0 Å². The highest BCUT2D eigenvalue weighted by Gasteiger charge is 2.14. The van der Waals surface area contributed by atoms with Crippen LogP contribution in [-0.4, -0.2) is 36.1 Å². The zero-order chi connectivity index (χ0) is 16.1. The Labute approximate surface area is 135 Å². The van der Waals surface area contributed by atoms with E-state index in [1.165, 1.54) is 25.5 Å². The lowest BCUT2D eigenvalue weighted by Crippen LogP contribution is -2.30. The number of anilines is 2. The van der Waals surface area contributed by atoms with Crippen LogP contribution in [-0.2, 0) is 0 Å². The van der Waals surface area contributed by atoms with Crippen molar-refractivity contribution in [2.24, 2.45) is 0 Å². The summed E-state index contributed by atoms with van der Waals surface area (Å²) in [5.41, 5.74) is 0.999. The Morgan fingerprint density at radius 1 is 1.09 bits per heavy atom. The molecule has 1 aromatic carbocycles. The highest BCUT2D eigenvalue weighted by molar-refractivity contribution is 6.02. The maximum atomic E-state index is 12.2. The number of nitrogens with zero attached hydrogens (tertiary/aromatic N) is 3. The fourth-order valence-electron chi connectivity index (χ4n) is 2.59. The first kappa shape index (κ1) is 15.3. The summed E-state index contributed by atoms with van der Waals surface area (Å²) in [5, 5.41) is 2.80. The van der Waals surface area contributed by atoms with E-state index >= 15 is 0 Å². The van der Waals surface area contributed by atoms with Crippen LogP contribution in [0.3, 0.4) is 0 Å². The molecule has 0 atom stereocenters. The lowest BCUT2D eigenvalue weighted by atomic mass is 10.1. The fourth-order valence-corrected chi connectivity index (χ4v) is 2.59. The van der Waals surface area contributed by atoms with Crippen molar-refractivity contribution in [1.82, 2.24) is 9.97 Å². The molecule has 0 unspecified atom stereocenters. The molecule has 6 heteroatoms. The average Bonchev–Trinajstić information content (AvgIpc) is 2.63. The van der Waals surface area contributed by atoms with Gasteiger partial charge in [0.1, 0.15) is 17.3 Å². The second kappa shape index (κ2) is 7.09. The molecule has 2 heterocycles. The smallest absolute Gasteiger partial charge is 0.275 e. The van der Waals surface area contributed by atoms with Gasteiger partial charge in [0.15, 0.2) is 0 Å². The number of piperidine rings is 1. The zero-order valence-corrected chi connectivity index (χ0v) is 13.2. The monoisotopic (exact) mass is 312 g/mol. The summed E-state index contributed by atoms with van der Waals surface area (Å²) in [4.78, 5) is 23.0. The van der Waals surface area contributed by atoms with Gasteiger partial charge in [-0.2, -0.15) is 0 Å². The number of methoxy groups -OCH3 is 1. The average molecular weight is 312 g/mol. The van der Waals surface area contributed by atoms with Crippen LogP contribution in [0.2, 0.25) is 0 Å². The summed E-state index contributed by atoms with van der Waals surface area (Å²) in [7, 11) is 1.60. The van der Waals surface area contributed by atoms with Crippen molar-refractivity contribution in [2.45, 2.75) is 19.3 Å². The largest absolute Gasteiger partial charge is 0.497 e. The highest BCUT2D eigenvalue weighted by atomic mass is 16.5. The molecule has 1 aliphatic heterocycles. The van der Waals surface area contributed by atoms with Crippen molar-refractivity contribution >= 4 is 17.4 Å². The van der Waals surface area contributed by atoms with Crippen molar-refractivity contribution in [2.75, 3.05) is 30.4 Å². The van der Waals surface area contributed by atoms with Crippen molar-refractivity contribution in [3.63, 3.8) is 0 Å². The Hall–Kier alpha value is -2.63. The summed E-state index contributed by atoms with van der Waals surface area (Å²) < 4.78 is 5.09. The fraction of sp³-hybridized carbons (Fsp3) is 0.353. The first-order valence-electron chi connectivity index (χ1n) is 7.78. The molecule has 3 rings (SSSR count). The topological polar surface area (TPSA) is 67.3 Å². The number of hydrogen-bond acceptors (Lipinski definition) is 5. The van der Waals surface area contributed by atoms with E-state index in [-0.39, 0.29) is 5.91 Å². The van der Waals surface area contributed by atoms with E-state index in [4.69, 9.17) is 4.74 Å². The Morgan fingerprint density at radius 3 is 2.43 bits per heavy atom. The van der Waals surface area contributed by atoms with Crippen LogP contribution in [0.4, 0.5) is 11.5 Å². The number of benzene rings is 1. The molecule has 6 nitrogen and oxygen atoms in total. The Morgan fingerprint density at radius 2 is 1.83 bits per heavy atom. The molecule has 0 bridgehead atoms. The third kappa shape index (κ3) is 3.77. The predicted octanol–water partition coefficient (Wildman–Crippen LogP) is 2.73. The Kier molecular flexibility index (Phi) is 4.71. The summed E-state index contributed by atoms with van der Waals surface area (Å²) in [5.74, 6) is 1.31. The highest BCUT2D eigenvalue weighted by Crippen LogP contribution is 2.18. The summed E-state index contributed by atoms with van der Waals surface area (Å²) in [6.07, 6.45) is 6.84. The number of rotatable bonds is 4. The van der Waals surface area contributed by atoms with Crippen LogP contribution in [0.1, 0.15) is 29.8 Å². The van der Waals surface area contributed by atoms with Gasteiger partial charge in [-0.3, -0.25) is 4.79 Å². The number of hydrogen-bond donors (Lipinski definition) is 1. The molecule has 2 aromatic rings. The van der Waals surface area contributed by atoms with E-state index in [2.05, 4.69) is 20.2 Å². The second-order valence-corrected chi connectivity index (χ2v) is 5.49. The van der Waals surface area contributed by atoms with Crippen molar-refractivity contribution < 1.29 is 9.53 Å². The third-order valence-corrected chi connectivity index (χ3v) is 3.90. The van der Waals surface area contributed by atoms with Gasteiger partial charge in [0.2, 0.25) is 0 Å². The van der Waals surface area contributed by atoms with Gasteiger partial charge >= 0.3 is 0 Å². The molecule has 1 fully saturated rings. The number of carbonyl (C=O) groups is 1. The first-order chi connectivity index (χ1) is 11.3. The number of carbonyl (C=O) groups excluding carboxylic acids is 1. The Bertz CT molecular complexity index is 649. The van der Waals surface area contributed by atoms with Crippen LogP contribution < -0.4 is 15.0 Å². The van der Waals surface area contributed by atoms with Crippen molar-refractivity contribution in [3.05, 3.63) is 42.4 Å². The lowest BCUT2D eigenvalue weighted by Gasteiger charge is -2.27. The van der Waals surface area contributed by atoms with E-state index in [0.717, 1.165) is 24.7 Å². The molecule has 0 spiro atoms. The number of aromatic nitrogens is 2. The van der Waals surface area contributed by atoms with Crippen LogP contribution in [0.15, 0.2) is 36.7 Å². The summed E-state index contributed by atoms with van der Waals surface area (Å²) in [6.45, 7) is 2.01. The quantitative estimate of drug-likeness (QED) is 0.940. The lowest BCUT2D eigenvalue weighted by molar-refractivity contribution is 0.102. The minimum Gasteiger partial charge on any atom is -0.497 e. The van der Waals surface area contributed by atoms with Gasteiger partial charge < -0.3 is 15.0 Å². The molecule has 0 aliphatic carbocycles. The number of nitrogens with one attached hydrogen (secondary N) is 1. The molecule has 1 aromatic heterocycles. The van der Waals surface area contributed by atoms with Gasteiger partial charge in [-0.15, -0.1) is 0 Å². The van der Waals surface area contributed by atoms with Gasteiger partial charge in [0.25, 0.3) is 5.91 Å². The van der Waals surface area contributed by atoms with E-state index in [1.54, 1.807) is 37.6 Å². The number of ether oxygens (including phenoxy) is 1. The third-order valence-electron chi connectivity index (χ3n) is 3.90.